The highest BCUT2D eigenvalue weighted by Gasteiger charge is 2.09. The van der Waals surface area contributed by atoms with E-state index in [1.165, 1.54) is 17.0 Å². The fourth-order valence-electron chi connectivity index (χ4n) is 1.89. The first-order valence-electron chi connectivity index (χ1n) is 6.48. The fourth-order valence-corrected chi connectivity index (χ4v) is 2.92. The van der Waals surface area contributed by atoms with Crippen LogP contribution in [0.15, 0.2) is 35.7 Å². The lowest BCUT2D eigenvalue weighted by Gasteiger charge is -2.07. The van der Waals surface area contributed by atoms with Gasteiger partial charge in [-0.2, -0.15) is 0 Å². The molecular formula is C15H15ClN2O2S. The van der Waals surface area contributed by atoms with Crippen LogP contribution in [-0.4, -0.2) is 11.8 Å². The van der Waals surface area contributed by atoms with Gasteiger partial charge in [-0.3, -0.25) is 9.59 Å². The van der Waals surface area contributed by atoms with Crippen molar-refractivity contribution in [2.45, 2.75) is 19.3 Å². The Morgan fingerprint density at radius 1 is 1.29 bits per heavy atom. The van der Waals surface area contributed by atoms with E-state index in [9.17, 15) is 9.59 Å². The van der Waals surface area contributed by atoms with Crippen LogP contribution in [-0.2, 0) is 11.2 Å². The molecule has 2 amide bonds. The van der Waals surface area contributed by atoms with Crippen LogP contribution in [0.1, 0.15) is 28.1 Å². The van der Waals surface area contributed by atoms with Gasteiger partial charge in [0, 0.05) is 17.0 Å². The summed E-state index contributed by atoms with van der Waals surface area (Å²) >= 11 is 7.62. The highest BCUT2D eigenvalue weighted by molar-refractivity contribution is 7.09. The van der Waals surface area contributed by atoms with Crippen molar-refractivity contribution in [2.24, 2.45) is 5.73 Å². The van der Waals surface area contributed by atoms with E-state index in [1.54, 1.807) is 17.4 Å². The zero-order valence-electron chi connectivity index (χ0n) is 11.3. The van der Waals surface area contributed by atoms with E-state index in [4.69, 9.17) is 17.3 Å². The molecule has 2 aromatic rings. The van der Waals surface area contributed by atoms with E-state index in [1.807, 2.05) is 11.4 Å². The number of nitrogens with two attached hydrogens (primary N) is 1. The maximum atomic E-state index is 11.8. The molecule has 0 saturated heterocycles. The molecule has 1 heterocycles. The Morgan fingerprint density at radius 2 is 2.10 bits per heavy atom. The second-order valence-electron chi connectivity index (χ2n) is 4.54. The van der Waals surface area contributed by atoms with Crippen molar-refractivity contribution in [2.75, 3.05) is 5.32 Å². The molecule has 110 valence electrons. The van der Waals surface area contributed by atoms with E-state index in [0.717, 1.165) is 12.8 Å². The van der Waals surface area contributed by atoms with Gasteiger partial charge in [-0.25, -0.2) is 0 Å². The zero-order valence-corrected chi connectivity index (χ0v) is 12.8. The predicted molar refractivity (Wildman–Crippen MR) is 85.9 cm³/mol. The van der Waals surface area contributed by atoms with Gasteiger partial charge in [0.25, 0.3) is 0 Å². The zero-order chi connectivity index (χ0) is 15.2. The van der Waals surface area contributed by atoms with Crippen molar-refractivity contribution in [3.05, 3.63) is 51.2 Å². The van der Waals surface area contributed by atoms with Crippen LogP contribution < -0.4 is 11.1 Å². The van der Waals surface area contributed by atoms with Gasteiger partial charge in [-0.15, -0.1) is 11.3 Å². The molecule has 0 radical (unpaired) electrons. The van der Waals surface area contributed by atoms with Crippen LogP contribution in [0.25, 0.3) is 0 Å². The summed E-state index contributed by atoms with van der Waals surface area (Å²) in [5, 5.41) is 5.02. The Hall–Kier alpha value is -1.85. The van der Waals surface area contributed by atoms with Crippen LogP contribution in [0.2, 0.25) is 5.02 Å². The number of halogens is 1. The predicted octanol–water partition coefficient (Wildman–Crippen LogP) is 3.46. The minimum atomic E-state index is -0.589. The lowest BCUT2D eigenvalue weighted by atomic mass is 10.1. The van der Waals surface area contributed by atoms with E-state index >= 15 is 0 Å². The lowest BCUT2D eigenvalue weighted by Crippen LogP contribution is -2.14. The topological polar surface area (TPSA) is 72.2 Å². The summed E-state index contributed by atoms with van der Waals surface area (Å²) in [6.45, 7) is 0. The average molecular weight is 323 g/mol. The Morgan fingerprint density at radius 3 is 2.71 bits per heavy atom. The number of primary amides is 1. The third-order valence-corrected chi connectivity index (χ3v) is 4.17. The summed E-state index contributed by atoms with van der Waals surface area (Å²) in [6.07, 6.45) is 2.12. The van der Waals surface area contributed by atoms with Gasteiger partial charge in [0.05, 0.1) is 10.6 Å². The first-order chi connectivity index (χ1) is 10.1. The number of thiophene rings is 1. The van der Waals surface area contributed by atoms with Crippen LogP contribution in [0.4, 0.5) is 5.69 Å². The van der Waals surface area contributed by atoms with E-state index in [0.29, 0.717) is 12.1 Å². The molecule has 4 nitrogen and oxygen atoms in total. The van der Waals surface area contributed by atoms with E-state index < -0.39 is 5.91 Å². The molecule has 6 heteroatoms. The number of aryl methyl sites for hydroxylation is 1. The molecule has 0 aliphatic heterocycles. The second-order valence-corrected chi connectivity index (χ2v) is 5.98. The Balaban J connectivity index is 1.85. The minimum absolute atomic E-state index is 0.0746. The third-order valence-electron chi connectivity index (χ3n) is 2.93. The molecule has 0 saturated carbocycles. The van der Waals surface area contributed by atoms with Gasteiger partial charge >= 0.3 is 0 Å². The van der Waals surface area contributed by atoms with E-state index in [-0.39, 0.29) is 16.5 Å². The summed E-state index contributed by atoms with van der Waals surface area (Å²) in [7, 11) is 0. The van der Waals surface area contributed by atoms with Gasteiger partial charge in [0.1, 0.15) is 0 Å². The SMILES string of the molecule is NC(=O)c1ccc(NC(=O)CCCc2cccs2)cc1Cl. The first kappa shape index (κ1) is 15.5. The molecule has 21 heavy (non-hydrogen) atoms. The van der Waals surface area contributed by atoms with Gasteiger partial charge in [-0.1, -0.05) is 17.7 Å². The Labute approximate surface area is 131 Å². The quantitative estimate of drug-likeness (QED) is 0.854. The number of nitrogens with one attached hydrogen (secondary N) is 1. The molecular weight excluding hydrogens is 308 g/mol. The van der Waals surface area contributed by atoms with Crippen molar-refractivity contribution < 1.29 is 9.59 Å². The van der Waals surface area contributed by atoms with Crippen molar-refractivity contribution in [1.29, 1.82) is 0 Å². The maximum Gasteiger partial charge on any atom is 0.250 e. The summed E-state index contributed by atoms with van der Waals surface area (Å²) in [5.41, 5.74) is 5.97. The maximum absolute atomic E-state index is 11.8. The third kappa shape index (κ3) is 4.58. The number of rotatable bonds is 6. The average Bonchev–Trinajstić information content (AvgIpc) is 2.91. The standard InChI is InChI=1S/C15H15ClN2O2S/c16-13-9-10(6-7-12(13)15(17)20)18-14(19)5-1-3-11-4-2-8-21-11/h2,4,6-9H,1,3,5H2,(H2,17,20)(H,18,19). The molecule has 3 N–H and O–H groups in total. The van der Waals surface area contributed by atoms with Gasteiger partial charge < -0.3 is 11.1 Å². The molecule has 0 bridgehead atoms. The number of amides is 2. The molecule has 0 unspecified atom stereocenters. The van der Waals surface area contributed by atoms with Gasteiger partial charge in [0.2, 0.25) is 11.8 Å². The number of carbonyl (C=O) groups is 2. The summed E-state index contributed by atoms with van der Waals surface area (Å²) < 4.78 is 0. The Bertz CT molecular complexity index is 641. The second kappa shape index (κ2) is 7.24. The van der Waals surface area contributed by atoms with Crippen LogP contribution in [0.5, 0.6) is 0 Å². The molecule has 0 spiro atoms. The fraction of sp³-hybridized carbons (Fsp3) is 0.200. The smallest absolute Gasteiger partial charge is 0.250 e. The molecule has 0 atom stereocenters. The summed E-state index contributed by atoms with van der Waals surface area (Å²) in [4.78, 5) is 24.2. The van der Waals surface area contributed by atoms with Crippen LogP contribution in [0.3, 0.4) is 0 Å². The summed E-state index contributed by atoms with van der Waals surface area (Å²) in [6, 6.07) is 8.71. The number of carbonyl (C=O) groups excluding carboxylic acids is 2. The molecule has 0 fully saturated rings. The largest absolute Gasteiger partial charge is 0.366 e. The van der Waals surface area contributed by atoms with Crippen LogP contribution >= 0.6 is 22.9 Å². The highest BCUT2D eigenvalue weighted by atomic mass is 35.5. The number of anilines is 1. The molecule has 0 aliphatic rings. The number of benzene rings is 1. The molecule has 1 aromatic carbocycles. The van der Waals surface area contributed by atoms with Crippen molar-refractivity contribution in [3.63, 3.8) is 0 Å². The van der Waals surface area contributed by atoms with E-state index in [2.05, 4.69) is 11.4 Å². The Kier molecular flexibility index (Phi) is 5.36. The minimum Gasteiger partial charge on any atom is -0.366 e. The van der Waals surface area contributed by atoms with Gasteiger partial charge in [0.15, 0.2) is 0 Å². The molecule has 0 aliphatic carbocycles. The van der Waals surface area contributed by atoms with Crippen molar-refractivity contribution in [3.8, 4) is 0 Å². The monoisotopic (exact) mass is 322 g/mol. The first-order valence-corrected chi connectivity index (χ1v) is 7.73. The number of hydrogen-bond donors (Lipinski definition) is 2. The number of hydrogen-bond acceptors (Lipinski definition) is 3. The molecule has 2 rings (SSSR count). The normalized spacial score (nSPS) is 10.3. The summed E-state index contributed by atoms with van der Waals surface area (Å²) in [5.74, 6) is -0.664. The molecule has 1 aromatic heterocycles. The van der Waals surface area contributed by atoms with Crippen molar-refractivity contribution in [1.82, 2.24) is 0 Å². The van der Waals surface area contributed by atoms with Crippen molar-refractivity contribution >= 4 is 40.4 Å². The van der Waals surface area contributed by atoms with Crippen LogP contribution in [0, 0.1) is 0 Å². The highest BCUT2D eigenvalue weighted by Crippen LogP contribution is 2.21. The lowest BCUT2D eigenvalue weighted by molar-refractivity contribution is -0.116. The van der Waals surface area contributed by atoms with Gasteiger partial charge in [-0.05, 0) is 42.5 Å².